The zero-order chi connectivity index (χ0) is 25.5. The van der Waals surface area contributed by atoms with Crippen LogP contribution in [0.1, 0.15) is 34.6 Å². The lowest BCUT2D eigenvalue weighted by molar-refractivity contribution is -0.274. The Balaban J connectivity index is 1.67. The van der Waals surface area contributed by atoms with Crippen molar-refractivity contribution in [1.82, 2.24) is 14.6 Å². The molecule has 2 unspecified atom stereocenters. The van der Waals surface area contributed by atoms with Crippen molar-refractivity contribution >= 4 is 23.1 Å². The molecule has 188 valence electrons. The third-order valence-corrected chi connectivity index (χ3v) is 5.48. The number of hydrogen-bond donors (Lipinski definition) is 1. The summed E-state index contributed by atoms with van der Waals surface area (Å²) in [5, 5.41) is 7.21. The van der Waals surface area contributed by atoms with Gasteiger partial charge in [-0.2, -0.15) is 0 Å². The molecule has 2 atom stereocenters. The van der Waals surface area contributed by atoms with Crippen LogP contribution in [0.2, 0.25) is 0 Å². The van der Waals surface area contributed by atoms with Crippen LogP contribution in [-0.2, 0) is 9.53 Å². The van der Waals surface area contributed by atoms with Crippen LogP contribution in [0.5, 0.6) is 5.75 Å². The second-order valence-corrected chi connectivity index (χ2v) is 9.75. The van der Waals surface area contributed by atoms with Gasteiger partial charge in [0, 0.05) is 24.1 Å². The molecule has 8 nitrogen and oxygen atoms in total. The fourth-order valence-corrected chi connectivity index (χ4v) is 3.86. The number of ether oxygens (including phenoxy) is 2. The third kappa shape index (κ3) is 5.84. The normalized spacial score (nSPS) is 19.1. The second kappa shape index (κ2) is 9.03. The summed E-state index contributed by atoms with van der Waals surface area (Å²) in [4.78, 5) is 19.2. The average Bonchev–Trinajstić information content (AvgIpc) is 3.16. The van der Waals surface area contributed by atoms with Crippen molar-refractivity contribution in [2.24, 2.45) is 5.41 Å². The minimum absolute atomic E-state index is 0.0776. The van der Waals surface area contributed by atoms with Crippen molar-refractivity contribution in [3.63, 3.8) is 0 Å². The number of anilines is 2. The Kier molecular flexibility index (Phi) is 6.39. The summed E-state index contributed by atoms with van der Waals surface area (Å²) < 4.78 is 50.3. The molecule has 1 aliphatic heterocycles. The highest BCUT2D eigenvalue weighted by Crippen LogP contribution is 2.35. The van der Waals surface area contributed by atoms with Crippen LogP contribution in [0.15, 0.2) is 36.5 Å². The molecule has 4 rings (SSSR count). The summed E-state index contributed by atoms with van der Waals surface area (Å²) in [5.74, 6) is -0.175. The van der Waals surface area contributed by atoms with Crippen LogP contribution in [0, 0.1) is 5.41 Å². The highest BCUT2D eigenvalue weighted by atomic mass is 19.4. The minimum Gasteiger partial charge on any atom is -0.404 e. The molecule has 11 heteroatoms. The first-order valence-corrected chi connectivity index (χ1v) is 11.3. The molecular weight excluding hydrogens is 463 g/mol. The molecule has 0 radical (unpaired) electrons. The van der Waals surface area contributed by atoms with Gasteiger partial charge in [-0.1, -0.05) is 20.8 Å². The SMILES string of the molecule is CC1CN(c2ccc3nc(-c4ccc(OC(F)(F)F)c(NC(=O)C(C)(C)C)c4)cn3n2)CC(C)O1. The number of nitrogens with one attached hydrogen (secondary N) is 1. The average molecular weight is 492 g/mol. The molecule has 1 fully saturated rings. The Morgan fingerprint density at radius 1 is 1.11 bits per heavy atom. The number of fused-ring (bicyclic) bond motifs is 1. The molecule has 1 aromatic carbocycles. The molecule has 0 saturated carbocycles. The number of alkyl halides is 3. The first-order chi connectivity index (χ1) is 16.3. The van der Waals surface area contributed by atoms with E-state index >= 15 is 0 Å². The van der Waals surface area contributed by atoms with Crippen molar-refractivity contribution in [1.29, 1.82) is 0 Å². The topological polar surface area (TPSA) is 81.0 Å². The number of carbonyl (C=O) groups excluding carboxylic acids is 1. The van der Waals surface area contributed by atoms with E-state index in [9.17, 15) is 18.0 Å². The predicted octanol–water partition coefficient (Wildman–Crippen LogP) is 4.89. The molecule has 1 N–H and O–H groups in total. The van der Waals surface area contributed by atoms with E-state index in [0.29, 0.717) is 30.0 Å². The van der Waals surface area contributed by atoms with Gasteiger partial charge in [-0.15, -0.1) is 18.3 Å². The van der Waals surface area contributed by atoms with Crippen LogP contribution >= 0.6 is 0 Å². The maximum atomic E-state index is 12.9. The maximum absolute atomic E-state index is 12.9. The number of rotatable bonds is 4. The van der Waals surface area contributed by atoms with Gasteiger partial charge < -0.3 is 19.7 Å². The highest BCUT2D eigenvalue weighted by molar-refractivity contribution is 5.96. The van der Waals surface area contributed by atoms with E-state index in [1.54, 1.807) is 31.5 Å². The Morgan fingerprint density at radius 2 is 1.80 bits per heavy atom. The minimum atomic E-state index is -4.90. The summed E-state index contributed by atoms with van der Waals surface area (Å²) in [6, 6.07) is 7.76. The number of aromatic nitrogens is 3. The van der Waals surface area contributed by atoms with E-state index < -0.39 is 23.4 Å². The van der Waals surface area contributed by atoms with E-state index in [1.807, 2.05) is 26.0 Å². The molecule has 0 spiro atoms. The van der Waals surface area contributed by atoms with Crippen LogP contribution in [0.3, 0.4) is 0 Å². The predicted molar refractivity (Wildman–Crippen MR) is 125 cm³/mol. The number of amides is 1. The summed E-state index contributed by atoms with van der Waals surface area (Å²) in [6.07, 6.45) is -3.05. The first kappa shape index (κ1) is 24.8. The van der Waals surface area contributed by atoms with Crippen molar-refractivity contribution in [3.05, 3.63) is 36.5 Å². The molecule has 2 aromatic heterocycles. The molecule has 0 bridgehead atoms. The standard InChI is InChI=1S/C24H28F3N5O3/c1-14-11-31(12-15(2)34-14)21-9-8-20-28-18(13-32(20)30-21)16-6-7-19(35-24(25,26)27)17(10-16)29-22(33)23(3,4)5/h6-10,13-15H,11-12H2,1-5H3,(H,29,33). The zero-order valence-corrected chi connectivity index (χ0v) is 20.2. The quantitative estimate of drug-likeness (QED) is 0.560. The van der Waals surface area contributed by atoms with Gasteiger partial charge in [0.05, 0.1) is 29.8 Å². The third-order valence-electron chi connectivity index (χ3n) is 5.48. The van der Waals surface area contributed by atoms with E-state index in [1.165, 1.54) is 18.2 Å². The van der Waals surface area contributed by atoms with Gasteiger partial charge in [-0.05, 0) is 44.2 Å². The summed E-state index contributed by atoms with van der Waals surface area (Å²) in [6.45, 7) is 10.4. The molecule has 3 heterocycles. The molecule has 1 saturated heterocycles. The van der Waals surface area contributed by atoms with E-state index in [-0.39, 0.29) is 17.9 Å². The van der Waals surface area contributed by atoms with Crippen molar-refractivity contribution in [2.75, 3.05) is 23.3 Å². The second-order valence-electron chi connectivity index (χ2n) is 9.75. The lowest BCUT2D eigenvalue weighted by Crippen LogP contribution is -2.46. The van der Waals surface area contributed by atoms with E-state index in [2.05, 4.69) is 25.0 Å². The van der Waals surface area contributed by atoms with Crippen molar-refractivity contribution in [2.45, 2.75) is 53.2 Å². The smallest absolute Gasteiger partial charge is 0.404 e. The fraction of sp³-hybridized carbons (Fsp3) is 0.458. The van der Waals surface area contributed by atoms with Gasteiger partial charge in [0.25, 0.3) is 0 Å². The monoisotopic (exact) mass is 491 g/mol. The summed E-state index contributed by atoms with van der Waals surface area (Å²) in [7, 11) is 0. The number of nitrogens with zero attached hydrogens (tertiary/aromatic N) is 4. The molecule has 1 aliphatic rings. The number of halogens is 3. The van der Waals surface area contributed by atoms with Crippen LogP contribution in [0.4, 0.5) is 24.7 Å². The number of imidazole rings is 1. The molecular formula is C24H28F3N5O3. The fourth-order valence-electron chi connectivity index (χ4n) is 3.86. The van der Waals surface area contributed by atoms with Gasteiger partial charge >= 0.3 is 6.36 Å². The van der Waals surface area contributed by atoms with Gasteiger partial charge in [0.15, 0.2) is 11.4 Å². The molecule has 0 aliphatic carbocycles. The Labute approximate surface area is 201 Å². The summed E-state index contributed by atoms with van der Waals surface area (Å²) in [5.41, 5.74) is 0.659. The van der Waals surface area contributed by atoms with Gasteiger partial charge in [0.1, 0.15) is 5.82 Å². The van der Waals surface area contributed by atoms with Crippen LogP contribution in [-0.4, -0.2) is 52.2 Å². The van der Waals surface area contributed by atoms with Gasteiger partial charge in [-0.25, -0.2) is 9.50 Å². The summed E-state index contributed by atoms with van der Waals surface area (Å²) >= 11 is 0. The van der Waals surface area contributed by atoms with Crippen molar-refractivity contribution in [3.8, 4) is 17.0 Å². The van der Waals surface area contributed by atoms with E-state index in [0.717, 1.165) is 5.82 Å². The van der Waals surface area contributed by atoms with Gasteiger partial charge in [0.2, 0.25) is 5.91 Å². The molecule has 1 amide bonds. The maximum Gasteiger partial charge on any atom is 0.573 e. The highest BCUT2D eigenvalue weighted by Gasteiger charge is 2.33. The molecule has 35 heavy (non-hydrogen) atoms. The number of benzene rings is 1. The van der Waals surface area contributed by atoms with E-state index in [4.69, 9.17) is 4.74 Å². The zero-order valence-electron chi connectivity index (χ0n) is 20.2. The number of morpholine rings is 1. The van der Waals surface area contributed by atoms with Crippen LogP contribution < -0.4 is 15.0 Å². The Bertz CT molecular complexity index is 1230. The lowest BCUT2D eigenvalue weighted by atomic mass is 9.95. The van der Waals surface area contributed by atoms with Gasteiger partial charge in [-0.3, -0.25) is 4.79 Å². The van der Waals surface area contributed by atoms with Crippen LogP contribution in [0.25, 0.3) is 16.9 Å². The Hall–Kier alpha value is -3.34. The first-order valence-electron chi connectivity index (χ1n) is 11.3. The van der Waals surface area contributed by atoms with Crippen molar-refractivity contribution < 1.29 is 27.4 Å². The largest absolute Gasteiger partial charge is 0.573 e. The number of hydrogen-bond acceptors (Lipinski definition) is 6. The number of carbonyl (C=O) groups is 1. The molecule has 3 aromatic rings. The Morgan fingerprint density at radius 3 is 2.43 bits per heavy atom. The lowest BCUT2D eigenvalue weighted by Gasteiger charge is -2.35.